The van der Waals surface area contributed by atoms with Gasteiger partial charge >= 0.3 is 0 Å². The molecule has 0 heterocycles. The van der Waals surface area contributed by atoms with Gasteiger partial charge in [0.1, 0.15) is 0 Å². The molecule has 0 aromatic rings. The maximum absolute atomic E-state index is 3.89. The van der Waals surface area contributed by atoms with Gasteiger partial charge in [-0.05, 0) is 45.3 Å². The van der Waals surface area contributed by atoms with E-state index >= 15 is 0 Å². The highest BCUT2D eigenvalue weighted by Crippen LogP contribution is 2.18. The van der Waals surface area contributed by atoms with Crippen LogP contribution in [-0.4, -0.2) is 0 Å². The van der Waals surface area contributed by atoms with E-state index in [4.69, 9.17) is 0 Å². The van der Waals surface area contributed by atoms with Crippen molar-refractivity contribution < 1.29 is 0 Å². The van der Waals surface area contributed by atoms with Crippen molar-refractivity contribution in [3.63, 3.8) is 0 Å². The zero-order valence-corrected chi connectivity index (χ0v) is 12.9. The molecule has 0 radical (unpaired) electrons. The molecule has 0 N–H and O–H groups in total. The molecule has 98 valence electrons. The predicted octanol–water partition coefficient (Wildman–Crippen LogP) is 6.23. The average Bonchev–Trinajstić information content (AvgIpc) is 2.27. The Morgan fingerprint density at radius 2 is 1.41 bits per heavy atom. The molecule has 17 heavy (non-hydrogen) atoms. The van der Waals surface area contributed by atoms with Gasteiger partial charge in [-0.15, -0.1) is 0 Å². The van der Waals surface area contributed by atoms with Crippen molar-refractivity contribution in [2.24, 2.45) is 0 Å². The average molecular weight is 234 g/mol. The zero-order valence-electron chi connectivity index (χ0n) is 12.9. The van der Waals surface area contributed by atoms with Gasteiger partial charge in [0, 0.05) is 0 Å². The van der Waals surface area contributed by atoms with Gasteiger partial charge in [-0.1, -0.05) is 63.1 Å². The van der Waals surface area contributed by atoms with Gasteiger partial charge in [0.25, 0.3) is 0 Å². The zero-order chi connectivity index (χ0) is 13.8. The molecule has 0 aromatic heterocycles. The molecule has 0 rings (SSSR count). The smallest absolute Gasteiger partial charge is 0.0231 e. The molecule has 0 nitrogen and oxygen atoms in total. The predicted molar refractivity (Wildman–Crippen MR) is 82.3 cm³/mol. The van der Waals surface area contributed by atoms with Crippen LogP contribution in [0.5, 0.6) is 0 Å². The normalized spacial score (nSPS) is 10.5. The Bertz CT molecular complexity index is 290. The van der Waals surface area contributed by atoms with Gasteiger partial charge < -0.3 is 0 Å². The SMILES string of the molecule is C=C/C(C=C(C)C)=C(\C=C(C)C)CCC.CC. The molecule has 0 unspecified atom stereocenters. The summed E-state index contributed by atoms with van der Waals surface area (Å²) in [6, 6.07) is 0. The molecule has 0 aliphatic heterocycles. The van der Waals surface area contributed by atoms with Crippen LogP contribution in [0.2, 0.25) is 0 Å². The molecule has 0 amide bonds. The van der Waals surface area contributed by atoms with Gasteiger partial charge in [-0.2, -0.15) is 0 Å². The second-order valence-electron chi connectivity index (χ2n) is 4.38. The summed E-state index contributed by atoms with van der Waals surface area (Å²) in [5.74, 6) is 0. The summed E-state index contributed by atoms with van der Waals surface area (Å²) < 4.78 is 0. The molecular weight excluding hydrogens is 204 g/mol. The van der Waals surface area contributed by atoms with E-state index in [1.165, 1.54) is 28.7 Å². The van der Waals surface area contributed by atoms with Crippen molar-refractivity contribution in [3.8, 4) is 0 Å². The lowest BCUT2D eigenvalue weighted by molar-refractivity contribution is 0.918. The summed E-state index contributed by atoms with van der Waals surface area (Å²) in [5, 5.41) is 0. The molecule has 0 spiro atoms. The third-order valence-electron chi connectivity index (χ3n) is 2.02. The van der Waals surface area contributed by atoms with Gasteiger partial charge in [0.2, 0.25) is 0 Å². The monoisotopic (exact) mass is 234 g/mol. The fraction of sp³-hybridized carbons (Fsp3) is 0.529. The standard InChI is InChI=1S/C15H24.C2H6/c1-7-9-15(11-13(5)6)14(8-2)10-12(3)4;1-2/h8,10-11H,2,7,9H2,1,3-6H3;1-2H3/b15-14+;. The number of hydrogen-bond donors (Lipinski definition) is 0. The fourth-order valence-corrected chi connectivity index (χ4v) is 1.51. The molecule has 0 bridgehead atoms. The molecule has 0 saturated heterocycles. The highest BCUT2D eigenvalue weighted by atomic mass is 14.0. The van der Waals surface area contributed by atoms with E-state index in [0.717, 1.165) is 6.42 Å². The maximum atomic E-state index is 3.89. The van der Waals surface area contributed by atoms with Crippen LogP contribution in [0.25, 0.3) is 0 Å². The summed E-state index contributed by atoms with van der Waals surface area (Å²) in [4.78, 5) is 0. The van der Waals surface area contributed by atoms with Crippen LogP contribution in [0.3, 0.4) is 0 Å². The minimum absolute atomic E-state index is 1.12. The summed E-state index contributed by atoms with van der Waals surface area (Å²) in [6.45, 7) is 18.6. The topological polar surface area (TPSA) is 0 Å². The van der Waals surface area contributed by atoms with E-state index in [-0.39, 0.29) is 0 Å². The third-order valence-corrected chi connectivity index (χ3v) is 2.02. The molecular formula is C17H30. The van der Waals surface area contributed by atoms with Crippen LogP contribution in [-0.2, 0) is 0 Å². The van der Waals surface area contributed by atoms with Crippen molar-refractivity contribution >= 4 is 0 Å². The number of rotatable bonds is 5. The molecule has 0 atom stereocenters. The maximum Gasteiger partial charge on any atom is -0.0231 e. The lowest BCUT2D eigenvalue weighted by Crippen LogP contribution is -1.86. The quantitative estimate of drug-likeness (QED) is 0.495. The summed E-state index contributed by atoms with van der Waals surface area (Å²) in [5.41, 5.74) is 5.33. The Morgan fingerprint density at radius 3 is 1.71 bits per heavy atom. The lowest BCUT2D eigenvalue weighted by atomic mass is 10.00. The van der Waals surface area contributed by atoms with E-state index in [9.17, 15) is 0 Å². The van der Waals surface area contributed by atoms with Crippen LogP contribution >= 0.6 is 0 Å². The minimum Gasteiger partial charge on any atom is -0.0985 e. The van der Waals surface area contributed by atoms with Crippen LogP contribution in [0, 0.1) is 0 Å². The largest absolute Gasteiger partial charge is 0.0985 e. The summed E-state index contributed by atoms with van der Waals surface area (Å²) in [6.07, 6.45) is 8.72. The van der Waals surface area contributed by atoms with E-state index < -0.39 is 0 Å². The molecule has 0 fully saturated rings. The second-order valence-corrected chi connectivity index (χ2v) is 4.38. The Morgan fingerprint density at radius 1 is 0.941 bits per heavy atom. The van der Waals surface area contributed by atoms with Crippen molar-refractivity contribution in [2.45, 2.75) is 61.3 Å². The van der Waals surface area contributed by atoms with E-state index in [0.29, 0.717) is 0 Å². The van der Waals surface area contributed by atoms with Crippen molar-refractivity contribution in [1.29, 1.82) is 0 Å². The highest BCUT2D eigenvalue weighted by Gasteiger charge is 1.98. The Labute approximate surface area is 109 Å². The highest BCUT2D eigenvalue weighted by molar-refractivity contribution is 5.41. The summed E-state index contributed by atoms with van der Waals surface area (Å²) >= 11 is 0. The molecule has 0 aliphatic rings. The van der Waals surface area contributed by atoms with Gasteiger partial charge in [0.05, 0.1) is 0 Å². The van der Waals surface area contributed by atoms with Crippen molar-refractivity contribution in [3.05, 3.63) is 47.1 Å². The van der Waals surface area contributed by atoms with E-state index in [2.05, 4.69) is 53.3 Å². The lowest BCUT2D eigenvalue weighted by Gasteiger charge is -2.06. The van der Waals surface area contributed by atoms with Crippen LogP contribution in [0.15, 0.2) is 47.1 Å². The molecule has 0 heteroatoms. The Hall–Kier alpha value is -1.04. The Balaban J connectivity index is 0. The fourth-order valence-electron chi connectivity index (χ4n) is 1.51. The minimum atomic E-state index is 1.12. The van der Waals surface area contributed by atoms with Crippen LogP contribution in [0.1, 0.15) is 61.3 Å². The van der Waals surface area contributed by atoms with Crippen LogP contribution in [0.4, 0.5) is 0 Å². The van der Waals surface area contributed by atoms with Gasteiger partial charge in [-0.25, -0.2) is 0 Å². The second kappa shape index (κ2) is 11.4. The first kappa shape index (κ1) is 18.3. The Kier molecular flexibility index (Phi) is 12.3. The first-order chi connectivity index (χ1) is 8.01. The van der Waals surface area contributed by atoms with Crippen LogP contribution < -0.4 is 0 Å². The molecule has 0 saturated carbocycles. The van der Waals surface area contributed by atoms with Gasteiger partial charge in [0.15, 0.2) is 0 Å². The first-order valence-corrected chi connectivity index (χ1v) is 6.66. The first-order valence-electron chi connectivity index (χ1n) is 6.66. The summed E-state index contributed by atoms with van der Waals surface area (Å²) in [7, 11) is 0. The number of hydrogen-bond acceptors (Lipinski definition) is 0. The van der Waals surface area contributed by atoms with Crippen molar-refractivity contribution in [1.82, 2.24) is 0 Å². The number of allylic oxidation sites excluding steroid dienone is 7. The molecule has 0 aromatic carbocycles. The van der Waals surface area contributed by atoms with E-state index in [1.54, 1.807) is 0 Å². The third kappa shape index (κ3) is 9.86. The van der Waals surface area contributed by atoms with E-state index in [1.807, 2.05) is 19.9 Å². The van der Waals surface area contributed by atoms with Gasteiger partial charge in [-0.3, -0.25) is 0 Å². The van der Waals surface area contributed by atoms with Crippen molar-refractivity contribution in [2.75, 3.05) is 0 Å². The molecule has 0 aliphatic carbocycles.